The maximum absolute atomic E-state index is 6.96. The Morgan fingerprint density at radius 3 is 1.79 bits per heavy atom. The molecule has 12 rings (SSSR count). The fourth-order valence-corrected chi connectivity index (χ4v) is 11.3. The lowest BCUT2D eigenvalue weighted by Gasteiger charge is -2.27. The Morgan fingerprint density at radius 2 is 0.929 bits per heavy atom. The van der Waals surface area contributed by atoms with Crippen molar-refractivity contribution in [2.24, 2.45) is 0 Å². The number of anilines is 3. The molecule has 2 nitrogen and oxygen atoms in total. The molecule has 0 saturated heterocycles. The van der Waals surface area contributed by atoms with Crippen LogP contribution in [0.5, 0.6) is 0 Å². The van der Waals surface area contributed by atoms with E-state index in [2.05, 4.69) is 193 Å². The van der Waals surface area contributed by atoms with Crippen LogP contribution in [0.25, 0.3) is 95.3 Å². The van der Waals surface area contributed by atoms with Gasteiger partial charge in [-0.3, -0.25) is 0 Å². The van der Waals surface area contributed by atoms with Gasteiger partial charge in [0.2, 0.25) is 0 Å². The van der Waals surface area contributed by atoms with Gasteiger partial charge in [-0.25, -0.2) is 0 Å². The molecule has 0 atom stereocenters. The van der Waals surface area contributed by atoms with Gasteiger partial charge in [-0.1, -0.05) is 140 Å². The Bertz CT molecular complexity index is 3490. The van der Waals surface area contributed by atoms with Crippen LogP contribution in [-0.4, -0.2) is 0 Å². The van der Waals surface area contributed by atoms with Gasteiger partial charge in [0.25, 0.3) is 0 Å². The average molecular weight is 750 g/mol. The molecule has 0 N–H and O–H groups in total. The van der Waals surface area contributed by atoms with Crippen LogP contribution in [0.3, 0.4) is 0 Å². The summed E-state index contributed by atoms with van der Waals surface area (Å²) in [5, 5.41) is 9.85. The van der Waals surface area contributed by atoms with E-state index in [-0.39, 0.29) is 0 Å². The van der Waals surface area contributed by atoms with Gasteiger partial charge in [0.05, 0.1) is 16.8 Å². The highest BCUT2D eigenvalue weighted by molar-refractivity contribution is 7.26. The van der Waals surface area contributed by atoms with Gasteiger partial charge in [-0.15, -0.1) is 22.7 Å². The summed E-state index contributed by atoms with van der Waals surface area (Å²) in [6.45, 7) is 0. The highest BCUT2D eigenvalue weighted by atomic mass is 32.1. The van der Waals surface area contributed by atoms with Crippen molar-refractivity contribution in [3.05, 3.63) is 188 Å². The summed E-state index contributed by atoms with van der Waals surface area (Å²) in [6.07, 6.45) is 0. The lowest BCUT2D eigenvalue weighted by Crippen LogP contribution is -2.10. The van der Waals surface area contributed by atoms with Crippen LogP contribution >= 0.6 is 22.7 Å². The number of furan rings is 1. The normalized spacial score (nSPS) is 11.9. The molecule has 0 aliphatic carbocycles. The summed E-state index contributed by atoms with van der Waals surface area (Å²) in [5.74, 6) is 0. The zero-order valence-electron chi connectivity index (χ0n) is 30.1. The molecule has 9 aromatic carbocycles. The molecule has 262 valence electrons. The molecular formula is C52H31NOS2. The van der Waals surface area contributed by atoms with Crippen molar-refractivity contribution >= 4 is 113 Å². The molecule has 4 heteroatoms. The molecule has 0 spiro atoms. The van der Waals surface area contributed by atoms with Crippen molar-refractivity contribution < 1.29 is 4.42 Å². The van der Waals surface area contributed by atoms with E-state index in [1.807, 2.05) is 22.7 Å². The van der Waals surface area contributed by atoms with Crippen LogP contribution in [-0.2, 0) is 0 Å². The largest absolute Gasteiger partial charge is 0.455 e. The Hall–Kier alpha value is -6.72. The van der Waals surface area contributed by atoms with Crippen LogP contribution in [0.2, 0.25) is 0 Å². The van der Waals surface area contributed by atoms with Crippen LogP contribution in [0.4, 0.5) is 17.1 Å². The minimum atomic E-state index is 0.869. The number of hydrogen-bond acceptors (Lipinski definition) is 4. The molecule has 0 bridgehead atoms. The van der Waals surface area contributed by atoms with Gasteiger partial charge in [-0.05, 0) is 65.0 Å². The Labute approximate surface area is 330 Å². The number of benzene rings is 9. The van der Waals surface area contributed by atoms with Crippen molar-refractivity contribution in [3.8, 4) is 22.3 Å². The fourth-order valence-electron chi connectivity index (χ4n) is 8.90. The topological polar surface area (TPSA) is 16.4 Å². The molecular weight excluding hydrogens is 719 g/mol. The fraction of sp³-hybridized carbons (Fsp3) is 0. The van der Waals surface area contributed by atoms with Crippen LogP contribution in [0.15, 0.2) is 192 Å². The van der Waals surface area contributed by atoms with Crippen molar-refractivity contribution in [1.29, 1.82) is 0 Å². The zero-order chi connectivity index (χ0) is 36.7. The third kappa shape index (κ3) is 4.67. The lowest BCUT2D eigenvalue weighted by atomic mass is 9.94. The monoisotopic (exact) mass is 749 g/mol. The molecule has 0 fully saturated rings. The predicted octanol–water partition coefficient (Wildman–Crippen LogP) is 16.3. The van der Waals surface area contributed by atoms with Crippen LogP contribution < -0.4 is 4.90 Å². The Morgan fingerprint density at radius 1 is 0.357 bits per heavy atom. The van der Waals surface area contributed by atoms with Crippen LogP contribution in [0.1, 0.15) is 0 Å². The molecule has 0 aliphatic heterocycles. The molecule has 0 unspecified atom stereocenters. The molecule has 3 aromatic heterocycles. The summed E-state index contributed by atoms with van der Waals surface area (Å²) in [6, 6.07) is 68.1. The summed E-state index contributed by atoms with van der Waals surface area (Å²) in [5.41, 5.74) is 9.94. The smallest absolute Gasteiger partial charge is 0.143 e. The third-order valence-corrected chi connectivity index (χ3v) is 13.6. The van der Waals surface area contributed by atoms with Crippen molar-refractivity contribution in [3.63, 3.8) is 0 Å². The van der Waals surface area contributed by atoms with Gasteiger partial charge >= 0.3 is 0 Å². The Kier molecular flexibility index (Phi) is 7.00. The zero-order valence-corrected chi connectivity index (χ0v) is 31.7. The summed E-state index contributed by atoms with van der Waals surface area (Å²) < 4.78 is 12.2. The number of rotatable bonds is 5. The second kappa shape index (κ2) is 12.4. The predicted molar refractivity (Wildman–Crippen MR) is 243 cm³/mol. The van der Waals surface area contributed by atoms with Gasteiger partial charge in [-0.2, -0.15) is 0 Å². The quantitative estimate of drug-likeness (QED) is 0.174. The summed E-state index contributed by atoms with van der Waals surface area (Å²) in [4.78, 5) is 2.39. The van der Waals surface area contributed by atoms with E-state index in [0.717, 1.165) is 44.6 Å². The number of fused-ring (bicyclic) bond motifs is 10. The first-order valence-electron chi connectivity index (χ1n) is 18.9. The molecule has 0 aliphatic rings. The highest BCUT2D eigenvalue weighted by Gasteiger charge is 2.23. The molecule has 3 heterocycles. The standard InChI is InChI=1S/C52H31NOS2/c1-2-16-33(17-3-1)53(42-26-8-15-32-14-4-5-18-34(32)42)43-27-13-28-44-50(43)40-24-9-22-37(51(40)54-44)38-23-10-25-41-49-36(21-12-31-47(49)56-52(38)41)35-20-11-30-46-48(35)39-19-6-7-29-45(39)55-46/h1-31H. The third-order valence-electron chi connectivity index (χ3n) is 11.3. The van der Waals surface area contributed by atoms with Crippen molar-refractivity contribution in [1.82, 2.24) is 0 Å². The van der Waals surface area contributed by atoms with E-state index in [1.165, 1.54) is 67.8 Å². The molecule has 0 radical (unpaired) electrons. The van der Waals surface area contributed by atoms with Crippen molar-refractivity contribution in [2.45, 2.75) is 0 Å². The van der Waals surface area contributed by atoms with Crippen molar-refractivity contribution in [2.75, 3.05) is 4.90 Å². The number of nitrogens with zero attached hydrogens (tertiary/aromatic N) is 1. The number of hydrogen-bond donors (Lipinski definition) is 0. The van der Waals surface area contributed by atoms with E-state index in [9.17, 15) is 0 Å². The number of thiophene rings is 2. The average Bonchev–Trinajstić information content (AvgIpc) is 3.96. The van der Waals surface area contributed by atoms with E-state index >= 15 is 0 Å². The van der Waals surface area contributed by atoms with Gasteiger partial charge in [0.1, 0.15) is 11.2 Å². The maximum atomic E-state index is 6.96. The summed E-state index contributed by atoms with van der Waals surface area (Å²) in [7, 11) is 0. The first-order valence-corrected chi connectivity index (χ1v) is 20.6. The Balaban J connectivity index is 1.09. The maximum Gasteiger partial charge on any atom is 0.143 e. The SMILES string of the molecule is c1ccc(N(c2cccc3ccccc23)c2cccc3oc4c(-c5cccc6c5sc5cccc(-c7cccc8sc9ccccc9c78)c56)cccc4c23)cc1. The lowest BCUT2D eigenvalue weighted by molar-refractivity contribution is 0.670. The molecule has 12 aromatic rings. The first kappa shape index (κ1) is 31.6. The van der Waals surface area contributed by atoms with E-state index in [4.69, 9.17) is 4.42 Å². The van der Waals surface area contributed by atoms with Gasteiger partial charge in [0, 0.05) is 67.9 Å². The van der Waals surface area contributed by atoms with E-state index in [0.29, 0.717) is 0 Å². The minimum Gasteiger partial charge on any atom is -0.455 e. The first-order chi connectivity index (χ1) is 27.8. The van der Waals surface area contributed by atoms with E-state index < -0.39 is 0 Å². The minimum absolute atomic E-state index is 0.869. The molecule has 0 saturated carbocycles. The van der Waals surface area contributed by atoms with Crippen LogP contribution in [0, 0.1) is 0 Å². The van der Waals surface area contributed by atoms with Gasteiger partial charge < -0.3 is 9.32 Å². The van der Waals surface area contributed by atoms with Gasteiger partial charge in [0.15, 0.2) is 0 Å². The molecule has 0 amide bonds. The highest BCUT2D eigenvalue weighted by Crippen LogP contribution is 2.50. The second-order valence-electron chi connectivity index (χ2n) is 14.3. The molecule has 56 heavy (non-hydrogen) atoms. The van der Waals surface area contributed by atoms with E-state index in [1.54, 1.807) is 0 Å². The summed E-state index contributed by atoms with van der Waals surface area (Å²) >= 11 is 3.75. The second-order valence-corrected chi connectivity index (χ2v) is 16.5. The number of para-hydroxylation sites is 2.